The standard InChI is InChI=1S/C7H16O8/c1-6(12-2-8)7(13-3-9,14-4-10)15-5-11/h6,8-11H,2-5H2,1H3. The second kappa shape index (κ2) is 7.91. The first-order chi connectivity index (χ1) is 7.16. The summed E-state index contributed by atoms with van der Waals surface area (Å²) >= 11 is 0. The van der Waals surface area contributed by atoms with Crippen LogP contribution in [0.4, 0.5) is 0 Å². The predicted molar refractivity (Wildman–Crippen MR) is 44.9 cm³/mol. The average molecular weight is 228 g/mol. The Kier molecular flexibility index (Phi) is 7.74. The molecule has 0 aliphatic carbocycles. The van der Waals surface area contributed by atoms with Gasteiger partial charge >= 0.3 is 5.97 Å². The van der Waals surface area contributed by atoms with Gasteiger partial charge in [-0.2, -0.15) is 0 Å². The summed E-state index contributed by atoms with van der Waals surface area (Å²) in [5.41, 5.74) is 0. The van der Waals surface area contributed by atoms with Gasteiger partial charge in [-0.25, -0.2) is 0 Å². The number of rotatable bonds is 9. The molecule has 1 unspecified atom stereocenters. The molecule has 0 radical (unpaired) electrons. The van der Waals surface area contributed by atoms with Crippen LogP contribution in [0.15, 0.2) is 0 Å². The molecule has 0 rings (SSSR count). The number of aliphatic hydroxyl groups is 4. The third-order valence-electron chi connectivity index (χ3n) is 1.62. The smallest absolute Gasteiger partial charge is 0.316 e. The second-order valence-corrected chi connectivity index (χ2v) is 2.36. The van der Waals surface area contributed by atoms with Gasteiger partial charge in [0.05, 0.1) is 0 Å². The monoisotopic (exact) mass is 228 g/mol. The summed E-state index contributed by atoms with van der Waals surface area (Å²) < 4.78 is 18.8. The van der Waals surface area contributed by atoms with Gasteiger partial charge in [0.15, 0.2) is 0 Å². The molecule has 4 N–H and O–H groups in total. The Bertz CT molecular complexity index is 135. The molecule has 0 aliphatic rings. The lowest BCUT2D eigenvalue weighted by Crippen LogP contribution is -2.50. The molecule has 1 atom stereocenters. The summed E-state index contributed by atoms with van der Waals surface area (Å²) in [6, 6.07) is 0. The van der Waals surface area contributed by atoms with Crippen molar-refractivity contribution >= 4 is 0 Å². The minimum absolute atomic E-state index is 0.638. The highest BCUT2D eigenvalue weighted by atomic mass is 16.9. The fourth-order valence-electron chi connectivity index (χ4n) is 0.961. The van der Waals surface area contributed by atoms with Gasteiger partial charge in [0, 0.05) is 0 Å². The first kappa shape index (κ1) is 14.7. The Balaban J connectivity index is 4.57. The Morgan fingerprint density at radius 1 is 0.867 bits per heavy atom. The van der Waals surface area contributed by atoms with Crippen molar-refractivity contribution < 1.29 is 39.4 Å². The largest absolute Gasteiger partial charge is 0.371 e. The van der Waals surface area contributed by atoms with Gasteiger partial charge in [0.25, 0.3) is 0 Å². The van der Waals surface area contributed by atoms with E-state index in [9.17, 15) is 0 Å². The summed E-state index contributed by atoms with van der Waals surface area (Å²) in [5, 5.41) is 34.4. The Morgan fingerprint density at radius 3 is 1.53 bits per heavy atom. The quantitative estimate of drug-likeness (QED) is 0.331. The second-order valence-electron chi connectivity index (χ2n) is 2.36. The Hall–Kier alpha value is -0.320. The van der Waals surface area contributed by atoms with Crippen LogP contribution >= 0.6 is 0 Å². The topological polar surface area (TPSA) is 118 Å². The van der Waals surface area contributed by atoms with E-state index in [4.69, 9.17) is 25.2 Å². The highest BCUT2D eigenvalue weighted by molar-refractivity contribution is 4.65. The van der Waals surface area contributed by atoms with Gasteiger partial charge in [0.1, 0.15) is 33.3 Å². The van der Waals surface area contributed by atoms with E-state index >= 15 is 0 Å². The molecule has 8 nitrogen and oxygen atoms in total. The summed E-state index contributed by atoms with van der Waals surface area (Å²) in [6.07, 6.45) is -0.978. The zero-order chi connectivity index (χ0) is 11.7. The van der Waals surface area contributed by atoms with Crippen molar-refractivity contribution in [2.75, 3.05) is 27.2 Å². The van der Waals surface area contributed by atoms with Gasteiger partial charge in [-0.15, -0.1) is 0 Å². The van der Waals surface area contributed by atoms with E-state index in [0.717, 1.165) is 0 Å². The fraction of sp³-hybridized carbons (Fsp3) is 1.00. The van der Waals surface area contributed by atoms with Crippen molar-refractivity contribution in [3.05, 3.63) is 0 Å². The zero-order valence-electron chi connectivity index (χ0n) is 8.33. The number of aliphatic hydroxyl groups excluding tert-OH is 4. The minimum Gasteiger partial charge on any atom is -0.371 e. The minimum atomic E-state index is -1.97. The van der Waals surface area contributed by atoms with Crippen LogP contribution in [0.3, 0.4) is 0 Å². The van der Waals surface area contributed by atoms with E-state index in [1.165, 1.54) is 6.92 Å². The van der Waals surface area contributed by atoms with Crippen LogP contribution in [-0.4, -0.2) is 59.7 Å². The normalized spacial score (nSPS) is 14.2. The van der Waals surface area contributed by atoms with E-state index in [1.807, 2.05) is 0 Å². The van der Waals surface area contributed by atoms with Crippen LogP contribution in [-0.2, 0) is 18.9 Å². The average Bonchev–Trinajstić information content (AvgIpc) is 2.19. The van der Waals surface area contributed by atoms with Crippen LogP contribution < -0.4 is 0 Å². The van der Waals surface area contributed by atoms with Gasteiger partial charge in [-0.1, -0.05) is 0 Å². The molecule has 0 fully saturated rings. The lowest BCUT2D eigenvalue weighted by molar-refractivity contribution is -0.450. The summed E-state index contributed by atoms with van der Waals surface area (Å²) in [7, 11) is 0. The lowest BCUT2D eigenvalue weighted by atomic mass is 10.3. The maximum Gasteiger partial charge on any atom is 0.316 e. The number of hydrogen-bond donors (Lipinski definition) is 4. The predicted octanol–water partition coefficient (Wildman–Crippen LogP) is -2.11. The summed E-state index contributed by atoms with van der Waals surface area (Å²) in [5.74, 6) is -1.97. The lowest BCUT2D eigenvalue weighted by Gasteiger charge is -2.35. The molecule has 0 saturated carbocycles. The van der Waals surface area contributed by atoms with Crippen LogP contribution in [0.2, 0.25) is 0 Å². The molecule has 0 aromatic carbocycles. The van der Waals surface area contributed by atoms with Crippen LogP contribution in [0.1, 0.15) is 6.92 Å². The van der Waals surface area contributed by atoms with Gasteiger partial charge in [-0.3, -0.25) is 14.2 Å². The highest BCUT2D eigenvalue weighted by Gasteiger charge is 2.41. The van der Waals surface area contributed by atoms with Crippen LogP contribution in [0.25, 0.3) is 0 Å². The van der Waals surface area contributed by atoms with Gasteiger partial charge in [0.2, 0.25) is 0 Å². The van der Waals surface area contributed by atoms with E-state index in [0.29, 0.717) is 0 Å². The van der Waals surface area contributed by atoms with E-state index < -0.39 is 39.2 Å². The molecule has 0 aromatic rings. The molecule has 15 heavy (non-hydrogen) atoms. The first-order valence-electron chi connectivity index (χ1n) is 4.13. The molecule has 8 heteroatoms. The Morgan fingerprint density at radius 2 is 1.27 bits per heavy atom. The van der Waals surface area contributed by atoms with Crippen LogP contribution in [0, 0.1) is 0 Å². The maximum atomic E-state index is 8.61. The van der Waals surface area contributed by atoms with Crippen molar-refractivity contribution in [2.24, 2.45) is 0 Å². The number of hydrogen-bond acceptors (Lipinski definition) is 8. The SMILES string of the molecule is CC(OCO)C(OCO)(OCO)OCO. The van der Waals surface area contributed by atoms with Crippen molar-refractivity contribution in [1.29, 1.82) is 0 Å². The summed E-state index contributed by atoms with van der Waals surface area (Å²) in [4.78, 5) is 0. The van der Waals surface area contributed by atoms with Gasteiger partial charge < -0.3 is 25.2 Å². The maximum absolute atomic E-state index is 8.61. The zero-order valence-corrected chi connectivity index (χ0v) is 8.33. The van der Waals surface area contributed by atoms with Crippen molar-refractivity contribution in [3.8, 4) is 0 Å². The van der Waals surface area contributed by atoms with Gasteiger partial charge in [-0.05, 0) is 6.92 Å². The van der Waals surface area contributed by atoms with Crippen molar-refractivity contribution in [2.45, 2.75) is 19.0 Å². The third kappa shape index (κ3) is 4.36. The molecular weight excluding hydrogens is 212 g/mol. The van der Waals surface area contributed by atoms with Crippen molar-refractivity contribution in [1.82, 2.24) is 0 Å². The molecule has 0 aromatic heterocycles. The van der Waals surface area contributed by atoms with E-state index in [1.54, 1.807) is 0 Å². The van der Waals surface area contributed by atoms with E-state index in [-0.39, 0.29) is 0 Å². The molecule has 0 spiro atoms. The highest BCUT2D eigenvalue weighted by Crippen LogP contribution is 2.22. The van der Waals surface area contributed by atoms with E-state index in [2.05, 4.69) is 14.2 Å². The Labute approximate surface area is 86.6 Å². The first-order valence-corrected chi connectivity index (χ1v) is 4.13. The third-order valence-corrected chi connectivity index (χ3v) is 1.62. The molecule has 0 heterocycles. The molecule has 92 valence electrons. The molecule has 0 saturated heterocycles. The van der Waals surface area contributed by atoms with Crippen LogP contribution in [0.5, 0.6) is 0 Å². The van der Waals surface area contributed by atoms with Crippen molar-refractivity contribution in [3.63, 3.8) is 0 Å². The number of ether oxygens (including phenoxy) is 4. The molecule has 0 amide bonds. The summed E-state index contributed by atoms with van der Waals surface area (Å²) in [6.45, 7) is -1.57. The fourth-order valence-corrected chi connectivity index (χ4v) is 0.961. The molecule has 0 bridgehead atoms. The molecule has 0 aliphatic heterocycles. The molecular formula is C7H16O8.